The molecule has 5 rings (SSSR count). The van der Waals surface area contributed by atoms with Gasteiger partial charge in [-0.3, -0.25) is 4.79 Å². The van der Waals surface area contributed by atoms with Crippen molar-refractivity contribution in [3.8, 4) is 11.1 Å². The molecule has 0 saturated carbocycles. The third-order valence-electron chi connectivity index (χ3n) is 6.04. The first kappa shape index (κ1) is 21.3. The van der Waals surface area contributed by atoms with Crippen LogP contribution in [0.1, 0.15) is 27.5 Å². The second-order valence-electron chi connectivity index (χ2n) is 8.26. The van der Waals surface area contributed by atoms with E-state index in [-0.39, 0.29) is 10.7 Å². The molecule has 0 bridgehead atoms. The maximum Gasteiger partial charge on any atom is 0.244 e. The number of Topliss-reactive ketones (excluding diaryl/α,β-unsaturated/α-hetero) is 1. The summed E-state index contributed by atoms with van der Waals surface area (Å²) >= 11 is 0. The van der Waals surface area contributed by atoms with E-state index in [9.17, 15) is 13.2 Å². The van der Waals surface area contributed by atoms with Crippen LogP contribution in [0.4, 0.5) is 0 Å². The molecule has 3 atom stereocenters. The molecular weight excluding hydrogens is 430 g/mol. The Kier molecular flexibility index (Phi) is 5.44. The molecule has 33 heavy (non-hydrogen) atoms. The Labute approximate surface area is 194 Å². The summed E-state index contributed by atoms with van der Waals surface area (Å²) in [6, 6.07) is 32.1. The monoisotopic (exact) mass is 453 g/mol. The van der Waals surface area contributed by atoms with E-state index in [0.29, 0.717) is 5.56 Å². The molecule has 1 unspecified atom stereocenters. The van der Waals surface area contributed by atoms with Crippen LogP contribution in [0.15, 0.2) is 114 Å². The Morgan fingerprint density at radius 3 is 1.85 bits per heavy atom. The lowest BCUT2D eigenvalue weighted by Gasteiger charge is -2.08. The van der Waals surface area contributed by atoms with E-state index in [1.165, 1.54) is 4.31 Å². The first-order valence-electron chi connectivity index (χ1n) is 10.8. The molecule has 1 aliphatic rings. The SMILES string of the molecule is Cc1ccc(S(=O)(=O)N2[C@H](C(=O)c3ccccc3)[C@H]2c2ccc(-c3ccccc3)cc2)cc1. The van der Waals surface area contributed by atoms with E-state index in [2.05, 4.69) is 0 Å². The number of benzene rings is 4. The molecular formula is C28H23NO3S. The Balaban J connectivity index is 1.52. The summed E-state index contributed by atoms with van der Waals surface area (Å²) in [7, 11) is -3.83. The molecule has 0 N–H and O–H groups in total. The molecule has 5 heteroatoms. The molecule has 1 fully saturated rings. The molecule has 1 heterocycles. The second kappa shape index (κ2) is 8.43. The van der Waals surface area contributed by atoms with Crippen LogP contribution in [0.25, 0.3) is 11.1 Å². The number of rotatable bonds is 6. The predicted molar refractivity (Wildman–Crippen MR) is 129 cm³/mol. The quantitative estimate of drug-likeness (QED) is 0.280. The van der Waals surface area contributed by atoms with Crippen molar-refractivity contribution in [2.24, 2.45) is 0 Å². The standard InChI is InChI=1S/C28H23NO3S/c1-20-12-18-25(19-13-20)33(31,32)29-26(27(29)28(30)24-10-6-3-7-11-24)23-16-14-22(15-17-23)21-8-4-2-5-9-21/h2-19,26-27H,1H3/t26-,27+,29?/m1/s1. The first-order valence-corrected chi connectivity index (χ1v) is 12.3. The van der Waals surface area contributed by atoms with Gasteiger partial charge in [0.1, 0.15) is 6.04 Å². The average molecular weight is 454 g/mol. The van der Waals surface area contributed by atoms with Gasteiger partial charge in [-0.05, 0) is 35.7 Å². The molecule has 164 valence electrons. The van der Waals surface area contributed by atoms with E-state index < -0.39 is 22.1 Å². The predicted octanol–water partition coefficient (Wildman–Crippen LogP) is 5.66. The number of carbonyl (C=O) groups is 1. The zero-order valence-corrected chi connectivity index (χ0v) is 18.9. The van der Waals surface area contributed by atoms with Gasteiger partial charge in [-0.15, -0.1) is 0 Å². The fraction of sp³-hybridized carbons (Fsp3) is 0.107. The number of carbonyl (C=O) groups excluding carboxylic acids is 1. The summed E-state index contributed by atoms with van der Waals surface area (Å²) in [6.07, 6.45) is 0. The van der Waals surface area contributed by atoms with Crippen molar-refractivity contribution in [3.63, 3.8) is 0 Å². The maximum absolute atomic E-state index is 13.5. The summed E-state index contributed by atoms with van der Waals surface area (Å²) in [5.74, 6) is -0.191. The van der Waals surface area contributed by atoms with Crippen LogP contribution in [0, 0.1) is 6.92 Å². The number of sulfonamides is 1. The van der Waals surface area contributed by atoms with Gasteiger partial charge in [0, 0.05) is 5.56 Å². The number of nitrogens with zero attached hydrogens (tertiary/aromatic N) is 1. The van der Waals surface area contributed by atoms with Crippen molar-refractivity contribution < 1.29 is 13.2 Å². The van der Waals surface area contributed by atoms with Crippen LogP contribution in [-0.4, -0.2) is 24.5 Å². The zero-order valence-electron chi connectivity index (χ0n) is 18.1. The fourth-order valence-electron chi connectivity index (χ4n) is 4.21. The summed E-state index contributed by atoms with van der Waals surface area (Å²) in [4.78, 5) is 13.5. The van der Waals surface area contributed by atoms with Gasteiger partial charge in [0.2, 0.25) is 10.0 Å². The fourth-order valence-corrected chi connectivity index (χ4v) is 5.92. The largest absolute Gasteiger partial charge is 0.292 e. The van der Waals surface area contributed by atoms with Gasteiger partial charge >= 0.3 is 0 Å². The van der Waals surface area contributed by atoms with Crippen LogP contribution in [-0.2, 0) is 10.0 Å². The number of ketones is 1. The van der Waals surface area contributed by atoms with Crippen LogP contribution in [0.2, 0.25) is 0 Å². The average Bonchev–Trinajstić information content (AvgIpc) is 3.62. The lowest BCUT2D eigenvalue weighted by Crippen LogP contribution is -2.19. The Morgan fingerprint density at radius 2 is 1.24 bits per heavy atom. The lowest BCUT2D eigenvalue weighted by molar-refractivity contribution is 0.0981. The molecule has 0 amide bonds. The number of aryl methyl sites for hydroxylation is 1. The maximum atomic E-state index is 13.5. The smallest absolute Gasteiger partial charge is 0.244 e. The molecule has 0 radical (unpaired) electrons. The van der Waals surface area contributed by atoms with Gasteiger partial charge in [0.25, 0.3) is 0 Å². The lowest BCUT2D eigenvalue weighted by atomic mass is 10.00. The summed E-state index contributed by atoms with van der Waals surface area (Å²) in [6.45, 7) is 1.91. The topological polar surface area (TPSA) is 54.2 Å². The van der Waals surface area contributed by atoms with E-state index in [0.717, 1.165) is 22.3 Å². The first-order chi connectivity index (χ1) is 16.0. The van der Waals surface area contributed by atoms with Crippen molar-refractivity contribution in [2.45, 2.75) is 23.9 Å². The molecule has 0 aromatic heterocycles. The van der Waals surface area contributed by atoms with Crippen molar-refractivity contribution in [1.82, 2.24) is 4.31 Å². The van der Waals surface area contributed by atoms with E-state index in [4.69, 9.17) is 0 Å². The van der Waals surface area contributed by atoms with E-state index in [1.54, 1.807) is 48.5 Å². The Hall–Kier alpha value is -3.54. The number of hydrogen-bond acceptors (Lipinski definition) is 3. The molecule has 0 spiro atoms. The van der Waals surface area contributed by atoms with E-state index >= 15 is 0 Å². The number of hydrogen-bond donors (Lipinski definition) is 0. The summed E-state index contributed by atoms with van der Waals surface area (Å²) in [5, 5.41) is 0. The second-order valence-corrected chi connectivity index (χ2v) is 10.1. The van der Waals surface area contributed by atoms with Crippen molar-refractivity contribution in [3.05, 3.63) is 126 Å². The Morgan fingerprint density at radius 1 is 0.697 bits per heavy atom. The minimum absolute atomic E-state index is 0.191. The van der Waals surface area contributed by atoms with Crippen molar-refractivity contribution in [2.75, 3.05) is 0 Å². The molecule has 4 aromatic carbocycles. The van der Waals surface area contributed by atoms with Crippen LogP contribution >= 0.6 is 0 Å². The Bertz CT molecular complexity index is 1380. The van der Waals surface area contributed by atoms with Gasteiger partial charge in [-0.25, -0.2) is 8.42 Å². The highest BCUT2D eigenvalue weighted by Crippen LogP contribution is 2.49. The van der Waals surface area contributed by atoms with Gasteiger partial charge in [-0.1, -0.05) is 103 Å². The molecule has 0 aliphatic carbocycles. The minimum atomic E-state index is -3.83. The zero-order chi connectivity index (χ0) is 23.0. The summed E-state index contributed by atoms with van der Waals surface area (Å²) in [5.41, 5.74) is 4.42. The van der Waals surface area contributed by atoms with Crippen molar-refractivity contribution >= 4 is 15.8 Å². The van der Waals surface area contributed by atoms with Gasteiger partial charge in [0.15, 0.2) is 5.78 Å². The molecule has 4 aromatic rings. The van der Waals surface area contributed by atoms with Gasteiger partial charge in [0.05, 0.1) is 10.9 Å². The minimum Gasteiger partial charge on any atom is -0.292 e. The third-order valence-corrected chi connectivity index (χ3v) is 7.92. The van der Waals surface area contributed by atoms with Crippen LogP contribution < -0.4 is 0 Å². The van der Waals surface area contributed by atoms with Gasteiger partial charge < -0.3 is 0 Å². The highest BCUT2D eigenvalue weighted by molar-refractivity contribution is 7.89. The third kappa shape index (κ3) is 4.01. The summed E-state index contributed by atoms with van der Waals surface area (Å²) < 4.78 is 28.3. The molecule has 1 saturated heterocycles. The van der Waals surface area contributed by atoms with Crippen molar-refractivity contribution in [1.29, 1.82) is 0 Å². The highest BCUT2D eigenvalue weighted by Gasteiger charge is 2.60. The normalized spacial score (nSPS) is 19.7. The highest BCUT2D eigenvalue weighted by atomic mass is 32.2. The van der Waals surface area contributed by atoms with E-state index in [1.807, 2.05) is 67.6 Å². The van der Waals surface area contributed by atoms with Gasteiger partial charge in [-0.2, -0.15) is 4.31 Å². The molecule has 1 aliphatic heterocycles. The van der Waals surface area contributed by atoms with Crippen LogP contribution in [0.5, 0.6) is 0 Å². The molecule has 4 nitrogen and oxygen atoms in total. The van der Waals surface area contributed by atoms with Crippen LogP contribution in [0.3, 0.4) is 0 Å².